The second-order valence-electron chi connectivity index (χ2n) is 2.72. The van der Waals surface area contributed by atoms with Crippen molar-refractivity contribution < 1.29 is 9.90 Å². The summed E-state index contributed by atoms with van der Waals surface area (Å²) in [5.41, 5.74) is 6.56. The average Bonchev–Trinajstić information content (AvgIpc) is 2.51. The van der Waals surface area contributed by atoms with E-state index in [-0.39, 0.29) is 0 Å². The molecule has 0 saturated carbocycles. The quantitative estimate of drug-likeness (QED) is 0.874. The van der Waals surface area contributed by atoms with Gasteiger partial charge in [0.1, 0.15) is 6.04 Å². The number of halogens is 1. The molecule has 0 fully saturated rings. The zero-order valence-corrected chi connectivity index (χ0v) is 10.5. The van der Waals surface area contributed by atoms with Gasteiger partial charge in [0.25, 0.3) is 0 Å². The number of carbonyl (C=O) groups is 1. The minimum atomic E-state index is -0.941. The summed E-state index contributed by atoms with van der Waals surface area (Å²) in [6, 6.07) is 1.27. The Balaban J connectivity index is 2.25. The van der Waals surface area contributed by atoms with E-state index in [4.69, 9.17) is 10.8 Å². The summed E-state index contributed by atoms with van der Waals surface area (Å²) in [5, 5.41) is 10.6. The number of thiophene rings is 1. The Bertz CT molecular complexity index is 316. The predicted molar refractivity (Wildman–Crippen MR) is 63.8 cm³/mol. The van der Waals surface area contributed by atoms with Gasteiger partial charge in [0.2, 0.25) is 0 Å². The molecule has 6 heteroatoms. The maximum absolute atomic E-state index is 10.4. The van der Waals surface area contributed by atoms with Crippen LogP contribution in [0.1, 0.15) is 5.56 Å². The summed E-state index contributed by atoms with van der Waals surface area (Å²) >= 11 is 6.53. The first-order chi connectivity index (χ1) is 6.59. The maximum atomic E-state index is 10.4. The zero-order chi connectivity index (χ0) is 10.6. The van der Waals surface area contributed by atoms with Crippen molar-refractivity contribution in [1.29, 1.82) is 0 Å². The van der Waals surface area contributed by atoms with Crippen LogP contribution in [0.15, 0.2) is 15.2 Å². The number of rotatable bonds is 5. The van der Waals surface area contributed by atoms with Crippen LogP contribution in [0.25, 0.3) is 0 Å². The Kier molecular flexibility index (Phi) is 4.94. The summed E-state index contributed by atoms with van der Waals surface area (Å²) in [5.74, 6) is 0.315. The van der Waals surface area contributed by atoms with E-state index in [1.807, 2.05) is 11.4 Å². The Morgan fingerprint density at radius 2 is 2.50 bits per heavy atom. The van der Waals surface area contributed by atoms with Crippen LogP contribution in [-0.4, -0.2) is 22.9 Å². The second-order valence-corrected chi connectivity index (χ2v) is 6.04. The molecule has 1 unspecified atom stereocenters. The van der Waals surface area contributed by atoms with Gasteiger partial charge in [-0.05, 0) is 32.9 Å². The topological polar surface area (TPSA) is 63.3 Å². The molecule has 1 heterocycles. The van der Waals surface area contributed by atoms with Gasteiger partial charge in [-0.2, -0.15) is 11.8 Å². The standard InChI is InChI=1S/C8H10BrNO2S2/c9-7-1-5(3-14-7)2-13-4-6(10)8(11)12/h1,3,6H,2,4,10H2,(H,11,12). The molecule has 0 amide bonds. The van der Waals surface area contributed by atoms with Gasteiger partial charge in [-0.1, -0.05) is 0 Å². The Hall–Kier alpha value is -0.0400. The molecular formula is C8H10BrNO2S2. The smallest absolute Gasteiger partial charge is 0.321 e. The monoisotopic (exact) mass is 295 g/mol. The molecule has 1 rings (SSSR count). The fraction of sp³-hybridized carbons (Fsp3) is 0.375. The van der Waals surface area contributed by atoms with Gasteiger partial charge in [-0.3, -0.25) is 4.79 Å². The Labute approximate surface area is 98.8 Å². The van der Waals surface area contributed by atoms with Crippen LogP contribution < -0.4 is 5.73 Å². The highest BCUT2D eigenvalue weighted by molar-refractivity contribution is 9.11. The third-order valence-corrected chi connectivity index (χ3v) is 4.19. The SMILES string of the molecule is NC(CSCc1csc(Br)c1)C(=O)O. The van der Waals surface area contributed by atoms with Gasteiger partial charge < -0.3 is 10.8 Å². The third kappa shape index (κ3) is 4.00. The van der Waals surface area contributed by atoms with Crippen molar-refractivity contribution in [2.45, 2.75) is 11.8 Å². The molecule has 0 aliphatic carbocycles. The highest BCUT2D eigenvalue weighted by atomic mass is 79.9. The lowest BCUT2D eigenvalue weighted by Gasteiger charge is -2.04. The third-order valence-electron chi connectivity index (χ3n) is 1.51. The molecule has 0 saturated heterocycles. The van der Waals surface area contributed by atoms with Crippen LogP contribution in [-0.2, 0) is 10.5 Å². The number of aliphatic carboxylic acids is 1. The summed E-state index contributed by atoms with van der Waals surface area (Å²) in [4.78, 5) is 10.4. The highest BCUT2D eigenvalue weighted by Gasteiger charge is 2.10. The lowest BCUT2D eigenvalue weighted by Crippen LogP contribution is -2.32. The van der Waals surface area contributed by atoms with Crippen LogP contribution in [0.5, 0.6) is 0 Å². The van der Waals surface area contributed by atoms with Crippen LogP contribution in [0.2, 0.25) is 0 Å². The molecule has 0 aliphatic heterocycles. The largest absolute Gasteiger partial charge is 0.480 e. The predicted octanol–water partition coefficient (Wildman–Crippen LogP) is 2.16. The highest BCUT2D eigenvalue weighted by Crippen LogP contribution is 2.23. The molecule has 14 heavy (non-hydrogen) atoms. The number of thioether (sulfide) groups is 1. The van der Waals surface area contributed by atoms with Crippen LogP contribution in [0.4, 0.5) is 0 Å². The van der Waals surface area contributed by atoms with E-state index in [0.717, 1.165) is 9.54 Å². The molecule has 0 aliphatic rings. The van der Waals surface area contributed by atoms with E-state index >= 15 is 0 Å². The molecule has 1 aromatic heterocycles. The molecule has 0 spiro atoms. The zero-order valence-electron chi connectivity index (χ0n) is 7.27. The fourth-order valence-electron chi connectivity index (χ4n) is 0.797. The fourth-order valence-corrected chi connectivity index (χ4v) is 3.03. The Morgan fingerprint density at radius 3 is 3.00 bits per heavy atom. The molecule has 3 N–H and O–H groups in total. The average molecular weight is 296 g/mol. The van der Waals surface area contributed by atoms with Crippen molar-refractivity contribution >= 4 is 45.0 Å². The van der Waals surface area contributed by atoms with E-state index in [0.29, 0.717) is 5.75 Å². The van der Waals surface area contributed by atoms with E-state index in [1.54, 1.807) is 11.3 Å². The van der Waals surface area contributed by atoms with E-state index in [9.17, 15) is 4.79 Å². The Morgan fingerprint density at radius 1 is 1.79 bits per heavy atom. The number of hydrogen-bond donors (Lipinski definition) is 2. The van der Waals surface area contributed by atoms with Gasteiger partial charge in [0, 0.05) is 11.5 Å². The number of carboxylic acids is 1. The first-order valence-corrected chi connectivity index (χ1v) is 6.71. The number of nitrogens with two attached hydrogens (primary N) is 1. The molecule has 3 nitrogen and oxygen atoms in total. The first-order valence-electron chi connectivity index (χ1n) is 3.88. The van der Waals surface area contributed by atoms with Crippen molar-refractivity contribution in [3.63, 3.8) is 0 Å². The molecule has 0 radical (unpaired) electrons. The normalized spacial score (nSPS) is 12.7. The molecule has 0 bridgehead atoms. The molecule has 78 valence electrons. The first kappa shape index (κ1) is 12.0. The number of hydrogen-bond acceptors (Lipinski definition) is 4. The van der Waals surface area contributed by atoms with Crippen molar-refractivity contribution in [2.24, 2.45) is 5.73 Å². The lowest BCUT2D eigenvalue weighted by atomic mass is 10.4. The van der Waals surface area contributed by atoms with Gasteiger partial charge in [0.05, 0.1) is 3.79 Å². The summed E-state index contributed by atoms with van der Waals surface area (Å²) in [6.45, 7) is 0. The second kappa shape index (κ2) is 5.75. The van der Waals surface area contributed by atoms with E-state index in [1.165, 1.54) is 17.3 Å². The molecule has 1 atom stereocenters. The van der Waals surface area contributed by atoms with Crippen molar-refractivity contribution in [3.8, 4) is 0 Å². The number of carboxylic acid groups (broad SMARTS) is 1. The van der Waals surface area contributed by atoms with E-state index < -0.39 is 12.0 Å². The van der Waals surface area contributed by atoms with Crippen molar-refractivity contribution in [3.05, 3.63) is 20.8 Å². The minimum Gasteiger partial charge on any atom is -0.480 e. The van der Waals surface area contributed by atoms with Crippen LogP contribution in [0, 0.1) is 0 Å². The van der Waals surface area contributed by atoms with Crippen LogP contribution in [0.3, 0.4) is 0 Å². The summed E-state index contributed by atoms with van der Waals surface area (Å²) in [7, 11) is 0. The van der Waals surface area contributed by atoms with Crippen molar-refractivity contribution in [2.75, 3.05) is 5.75 Å². The molecule has 1 aromatic rings. The summed E-state index contributed by atoms with van der Waals surface area (Å²) in [6.07, 6.45) is 0. The minimum absolute atomic E-state index is 0.447. The van der Waals surface area contributed by atoms with Gasteiger partial charge >= 0.3 is 5.97 Å². The molecular weight excluding hydrogens is 286 g/mol. The van der Waals surface area contributed by atoms with Crippen LogP contribution >= 0.6 is 39.0 Å². The molecule has 0 aromatic carbocycles. The van der Waals surface area contributed by atoms with Gasteiger partial charge in [-0.15, -0.1) is 11.3 Å². The summed E-state index contributed by atoms with van der Waals surface area (Å²) < 4.78 is 1.09. The van der Waals surface area contributed by atoms with Crippen molar-refractivity contribution in [1.82, 2.24) is 0 Å². The van der Waals surface area contributed by atoms with E-state index in [2.05, 4.69) is 15.9 Å². The maximum Gasteiger partial charge on any atom is 0.321 e. The van der Waals surface area contributed by atoms with Gasteiger partial charge in [-0.25, -0.2) is 0 Å². The van der Waals surface area contributed by atoms with Gasteiger partial charge in [0.15, 0.2) is 0 Å². The lowest BCUT2D eigenvalue weighted by molar-refractivity contribution is -0.137.